The highest BCUT2D eigenvalue weighted by Crippen LogP contribution is 2.29. The Labute approximate surface area is 192 Å². The number of halogens is 3. The predicted octanol–water partition coefficient (Wildman–Crippen LogP) is 2.31. The van der Waals surface area contributed by atoms with Crippen LogP contribution in [-0.4, -0.2) is 58.5 Å². The number of primary amides is 1. The van der Waals surface area contributed by atoms with Crippen molar-refractivity contribution in [3.05, 3.63) is 59.9 Å². The van der Waals surface area contributed by atoms with Gasteiger partial charge in [-0.3, -0.25) is 4.79 Å². The maximum absolute atomic E-state index is 12.7. The zero-order valence-electron chi connectivity index (χ0n) is 17.8. The number of ether oxygens (including phenoxy) is 2. The third-order valence-corrected chi connectivity index (χ3v) is 4.61. The first-order valence-electron chi connectivity index (χ1n) is 10.1. The summed E-state index contributed by atoms with van der Waals surface area (Å²) >= 11 is 0. The van der Waals surface area contributed by atoms with Gasteiger partial charge in [-0.25, -0.2) is 4.98 Å². The first-order chi connectivity index (χ1) is 16.1. The number of nitrogens with zero attached hydrogens (tertiary/aromatic N) is 1. The molecule has 0 saturated carbocycles. The second-order valence-electron chi connectivity index (χ2n) is 7.23. The molecule has 12 heteroatoms. The van der Waals surface area contributed by atoms with Crippen LogP contribution < -0.4 is 20.5 Å². The molecule has 0 radical (unpaired) electrons. The maximum Gasteiger partial charge on any atom is 0.432 e. The number of hydrogen-bond donors (Lipinski definition) is 5. The van der Waals surface area contributed by atoms with Gasteiger partial charge in [0.1, 0.15) is 48.1 Å². The number of aromatic nitrogens is 2. The molecule has 0 aliphatic heterocycles. The van der Waals surface area contributed by atoms with Crippen LogP contribution >= 0.6 is 0 Å². The number of aromatic hydroxyl groups is 1. The van der Waals surface area contributed by atoms with Crippen LogP contribution in [0.4, 0.5) is 13.2 Å². The molecule has 1 heterocycles. The lowest BCUT2D eigenvalue weighted by Crippen LogP contribution is -2.33. The van der Waals surface area contributed by atoms with Crippen LogP contribution in [0.3, 0.4) is 0 Å². The summed E-state index contributed by atoms with van der Waals surface area (Å²) in [5.41, 5.74) is 4.66. The number of aliphatic hydroxyl groups excluding tert-OH is 1. The molecule has 34 heavy (non-hydrogen) atoms. The number of rotatable bonds is 11. The van der Waals surface area contributed by atoms with E-state index in [1.165, 1.54) is 18.2 Å². The van der Waals surface area contributed by atoms with E-state index in [1.807, 2.05) is 0 Å². The number of aromatic amines is 1. The van der Waals surface area contributed by atoms with Crippen LogP contribution in [0.25, 0.3) is 11.4 Å². The van der Waals surface area contributed by atoms with Crippen molar-refractivity contribution in [1.82, 2.24) is 15.3 Å². The fourth-order valence-electron chi connectivity index (χ4n) is 2.88. The van der Waals surface area contributed by atoms with E-state index in [0.717, 1.165) is 6.20 Å². The largest absolute Gasteiger partial charge is 0.507 e. The Kier molecular flexibility index (Phi) is 7.97. The van der Waals surface area contributed by atoms with Gasteiger partial charge in [0.15, 0.2) is 0 Å². The molecule has 182 valence electrons. The topological polar surface area (TPSA) is 143 Å². The highest BCUT2D eigenvalue weighted by atomic mass is 19.4. The number of benzene rings is 2. The normalized spacial score (nSPS) is 12.4. The van der Waals surface area contributed by atoms with Crippen molar-refractivity contribution in [3.8, 4) is 28.6 Å². The van der Waals surface area contributed by atoms with E-state index in [1.54, 1.807) is 24.3 Å². The molecular formula is C22H23F3N4O5. The van der Waals surface area contributed by atoms with Gasteiger partial charge in [0, 0.05) is 18.7 Å². The third-order valence-electron chi connectivity index (χ3n) is 4.61. The van der Waals surface area contributed by atoms with Crippen LogP contribution in [0.2, 0.25) is 0 Å². The van der Waals surface area contributed by atoms with Gasteiger partial charge in [0.05, 0.1) is 11.8 Å². The number of imidazole rings is 1. The molecule has 0 saturated heterocycles. The predicted molar refractivity (Wildman–Crippen MR) is 116 cm³/mol. The lowest BCUT2D eigenvalue weighted by atomic mass is 10.2. The zero-order valence-corrected chi connectivity index (χ0v) is 17.8. The van der Waals surface area contributed by atoms with Gasteiger partial charge in [0.25, 0.3) is 5.91 Å². The summed E-state index contributed by atoms with van der Waals surface area (Å²) in [5, 5.41) is 22.6. The van der Waals surface area contributed by atoms with E-state index in [-0.39, 0.29) is 36.9 Å². The number of nitrogens with two attached hydrogens (primary N) is 1. The summed E-state index contributed by atoms with van der Waals surface area (Å²) in [4.78, 5) is 17.2. The van der Waals surface area contributed by atoms with Crippen molar-refractivity contribution in [2.45, 2.75) is 12.3 Å². The number of nitrogens with one attached hydrogen (secondary N) is 2. The lowest BCUT2D eigenvalue weighted by molar-refractivity contribution is -0.140. The second kappa shape index (κ2) is 10.9. The average Bonchev–Trinajstić information content (AvgIpc) is 3.30. The van der Waals surface area contributed by atoms with Gasteiger partial charge in [0.2, 0.25) is 0 Å². The number of carbonyl (C=O) groups is 1. The molecule has 0 aliphatic rings. The van der Waals surface area contributed by atoms with Crippen molar-refractivity contribution in [2.75, 3.05) is 26.3 Å². The Balaban J connectivity index is 1.37. The zero-order chi connectivity index (χ0) is 24.7. The van der Waals surface area contributed by atoms with Crippen molar-refractivity contribution < 1.29 is 37.7 Å². The number of H-pyrrole nitrogens is 1. The van der Waals surface area contributed by atoms with Crippen LogP contribution in [0.1, 0.15) is 16.1 Å². The standard InChI is InChI=1S/C22H23F3N4O5/c23-22(24,25)19-11-28-21(29-19)13-1-3-15(4-2-13)34-12-14(30)10-27-7-8-33-16-5-6-18(31)17(9-16)20(26)32/h1-6,9,11,14,27,30-31H,7-8,10,12H2,(H2,26,32)(H,28,29). The Hall–Kier alpha value is -3.77. The van der Waals surface area contributed by atoms with Crippen molar-refractivity contribution in [3.63, 3.8) is 0 Å². The van der Waals surface area contributed by atoms with Gasteiger partial charge in [-0.1, -0.05) is 0 Å². The van der Waals surface area contributed by atoms with Gasteiger partial charge in [-0.05, 0) is 42.5 Å². The minimum atomic E-state index is -4.50. The van der Waals surface area contributed by atoms with Crippen LogP contribution in [0.5, 0.6) is 17.2 Å². The number of aliphatic hydroxyl groups is 1. The van der Waals surface area contributed by atoms with Crippen LogP contribution in [0.15, 0.2) is 48.7 Å². The van der Waals surface area contributed by atoms with Gasteiger partial charge in [-0.15, -0.1) is 0 Å². The Morgan fingerprint density at radius 1 is 1.15 bits per heavy atom. The molecule has 2 aromatic carbocycles. The SMILES string of the molecule is NC(=O)c1cc(OCCNCC(O)COc2ccc(-c3ncc(C(F)(F)F)[nH]3)cc2)ccc1O. The maximum atomic E-state index is 12.7. The molecular weight excluding hydrogens is 457 g/mol. The van der Waals surface area contributed by atoms with E-state index >= 15 is 0 Å². The molecule has 9 nitrogen and oxygen atoms in total. The van der Waals surface area contributed by atoms with E-state index in [0.29, 0.717) is 23.6 Å². The van der Waals surface area contributed by atoms with Gasteiger partial charge >= 0.3 is 6.18 Å². The molecule has 0 spiro atoms. The van der Waals surface area contributed by atoms with Gasteiger partial charge < -0.3 is 35.7 Å². The third kappa shape index (κ3) is 6.86. The first-order valence-corrected chi connectivity index (χ1v) is 10.1. The van der Waals surface area contributed by atoms with Crippen LogP contribution in [-0.2, 0) is 6.18 Å². The van der Waals surface area contributed by atoms with Crippen molar-refractivity contribution >= 4 is 5.91 Å². The van der Waals surface area contributed by atoms with E-state index in [9.17, 15) is 28.2 Å². The fourth-order valence-corrected chi connectivity index (χ4v) is 2.88. The van der Waals surface area contributed by atoms with E-state index < -0.39 is 23.9 Å². The average molecular weight is 480 g/mol. The van der Waals surface area contributed by atoms with Crippen LogP contribution in [0, 0.1) is 0 Å². The second-order valence-corrected chi connectivity index (χ2v) is 7.23. The summed E-state index contributed by atoms with van der Waals surface area (Å²) in [5.74, 6) is -0.109. The summed E-state index contributed by atoms with van der Waals surface area (Å²) in [6, 6.07) is 10.4. The number of alkyl halides is 3. The molecule has 1 unspecified atom stereocenters. The summed E-state index contributed by atoms with van der Waals surface area (Å²) < 4.78 is 49.0. The molecule has 0 bridgehead atoms. The summed E-state index contributed by atoms with van der Waals surface area (Å²) in [6.07, 6.45) is -4.59. The molecule has 1 aromatic heterocycles. The first kappa shape index (κ1) is 24.9. The van der Waals surface area contributed by atoms with Gasteiger partial charge in [-0.2, -0.15) is 13.2 Å². The van der Waals surface area contributed by atoms with Crippen molar-refractivity contribution in [2.24, 2.45) is 5.73 Å². The molecule has 1 atom stereocenters. The molecule has 3 aromatic rings. The van der Waals surface area contributed by atoms with Crippen molar-refractivity contribution in [1.29, 1.82) is 0 Å². The Bertz CT molecular complexity index is 1100. The summed E-state index contributed by atoms with van der Waals surface area (Å²) in [7, 11) is 0. The van der Waals surface area contributed by atoms with E-state index in [4.69, 9.17) is 15.2 Å². The Morgan fingerprint density at radius 3 is 2.50 bits per heavy atom. The number of carbonyl (C=O) groups excluding carboxylic acids is 1. The molecule has 0 aliphatic carbocycles. The fraction of sp³-hybridized carbons (Fsp3) is 0.273. The Morgan fingerprint density at radius 2 is 1.85 bits per heavy atom. The highest BCUT2D eigenvalue weighted by molar-refractivity contribution is 5.95. The summed E-state index contributed by atoms with van der Waals surface area (Å²) in [6.45, 7) is 0.838. The number of phenols is 1. The quantitative estimate of drug-likeness (QED) is 0.265. The lowest BCUT2D eigenvalue weighted by Gasteiger charge is -2.14. The molecule has 3 rings (SSSR count). The number of hydrogen-bond acceptors (Lipinski definition) is 7. The molecule has 6 N–H and O–H groups in total. The molecule has 1 amide bonds. The number of amides is 1. The smallest absolute Gasteiger partial charge is 0.432 e. The highest BCUT2D eigenvalue weighted by Gasteiger charge is 2.33. The molecule has 0 fully saturated rings. The minimum absolute atomic E-state index is 0.00783. The monoisotopic (exact) mass is 480 g/mol. The van der Waals surface area contributed by atoms with E-state index in [2.05, 4.69) is 15.3 Å². The minimum Gasteiger partial charge on any atom is -0.507 e.